The summed E-state index contributed by atoms with van der Waals surface area (Å²) in [5.41, 5.74) is 11.4. The highest BCUT2D eigenvalue weighted by atomic mass is 35.5. The molecule has 0 aromatic heterocycles. The summed E-state index contributed by atoms with van der Waals surface area (Å²) in [5.74, 6) is 7.70. The molecule has 9 rings (SSSR count). The van der Waals surface area contributed by atoms with Gasteiger partial charge in [0.1, 0.15) is 11.5 Å². The molecule has 105 heavy (non-hydrogen) atoms. The van der Waals surface area contributed by atoms with Crippen LogP contribution in [0.3, 0.4) is 0 Å². The van der Waals surface area contributed by atoms with E-state index in [-0.39, 0.29) is 5.92 Å². The molecule has 0 N–H and O–H groups in total. The van der Waals surface area contributed by atoms with Gasteiger partial charge in [-0.15, -0.1) is 0 Å². The maximum absolute atomic E-state index is 12.2. The Morgan fingerprint density at radius 2 is 0.619 bits per heavy atom. The van der Waals surface area contributed by atoms with Crippen molar-refractivity contribution in [2.45, 2.75) is 219 Å². The van der Waals surface area contributed by atoms with Gasteiger partial charge < -0.3 is 9.47 Å². The molecule has 0 unspecified atom stereocenters. The molecule has 0 spiro atoms. The molecule has 0 heterocycles. The summed E-state index contributed by atoms with van der Waals surface area (Å²) in [7, 11) is 3.34. The molecular formula is C91H118Cl9F3O2. The molecule has 0 aliphatic heterocycles. The van der Waals surface area contributed by atoms with Crippen LogP contribution in [0, 0.1) is 18.8 Å². The molecule has 9 aromatic carbocycles. The zero-order chi connectivity index (χ0) is 80.6. The van der Waals surface area contributed by atoms with Crippen LogP contribution in [0.25, 0.3) is 0 Å². The van der Waals surface area contributed by atoms with E-state index in [0.29, 0.717) is 52.4 Å². The van der Waals surface area contributed by atoms with Crippen LogP contribution < -0.4 is 9.47 Å². The Kier molecular flexibility index (Phi) is 50.4. The molecular weight excluding hydrogens is 1500 g/mol. The maximum atomic E-state index is 12.2. The number of halogens is 12. The minimum absolute atomic E-state index is 0.127. The van der Waals surface area contributed by atoms with Crippen LogP contribution in [0.2, 0.25) is 45.2 Å². The van der Waals surface area contributed by atoms with Gasteiger partial charge in [-0.05, 0) is 225 Å². The first-order valence-corrected chi connectivity index (χ1v) is 39.4. The third-order valence-corrected chi connectivity index (χ3v) is 19.2. The van der Waals surface area contributed by atoms with Gasteiger partial charge in [-0.3, -0.25) is 0 Å². The van der Waals surface area contributed by atoms with Crippen molar-refractivity contribution in [1.29, 1.82) is 0 Å². The molecule has 0 aliphatic rings. The summed E-state index contributed by atoms with van der Waals surface area (Å²) in [6, 6.07) is 60.6. The van der Waals surface area contributed by atoms with E-state index in [1.807, 2.05) is 117 Å². The maximum Gasteiger partial charge on any atom is 0.416 e. The Balaban J connectivity index is 0.00000115. The number of alkyl halides is 3. The number of methoxy groups -OCH3 is 2. The lowest BCUT2D eigenvalue weighted by molar-refractivity contribution is -0.137. The smallest absolute Gasteiger partial charge is 0.416 e. The van der Waals surface area contributed by atoms with E-state index in [9.17, 15) is 13.2 Å². The van der Waals surface area contributed by atoms with E-state index >= 15 is 0 Å². The van der Waals surface area contributed by atoms with Gasteiger partial charge in [-0.2, -0.15) is 13.2 Å². The summed E-state index contributed by atoms with van der Waals surface area (Å²) in [6.07, 6.45) is -4.23. The van der Waals surface area contributed by atoms with Gasteiger partial charge in [0.2, 0.25) is 0 Å². The first-order chi connectivity index (χ1) is 48.9. The molecule has 2 nitrogen and oxygen atoms in total. The van der Waals surface area contributed by atoms with Gasteiger partial charge in [0.05, 0.1) is 19.8 Å². The quantitative estimate of drug-likeness (QED) is 0.121. The van der Waals surface area contributed by atoms with Gasteiger partial charge >= 0.3 is 6.18 Å². The van der Waals surface area contributed by atoms with Gasteiger partial charge in [0.15, 0.2) is 0 Å². The first kappa shape index (κ1) is 100.0. The monoisotopic (exact) mass is 1610 g/mol. The van der Waals surface area contributed by atoms with Crippen molar-refractivity contribution in [2.75, 3.05) is 14.2 Å². The molecule has 0 bridgehead atoms. The lowest BCUT2D eigenvalue weighted by Crippen LogP contribution is -2.05. The second kappa shape index (κ2) is 52.9. The Morgan fingerprint density at radius 1 is 0.267 bits per heavy atom. The minimum atomic E-state index is -4.23. The number of rotatable bonds is 12. The fourth-order valence-electron chi connectivity index (χ4n) is 9.17. The van der Waals surface area contributed by atoms with Crippen LogP contribution in [0.1, 0.15) is 267 Å². The Bertz CT molecular complexity index is 3740. The van der Waals surface area contributed by atoms with E-state index in [2.05, 4.69) is 200 Å². The predicted molar refractivity (Wildman–Crippen MR) is 462 cm³/mol. The number of ether oxygens (including phenoxy) is 2. The van der Waals surface area contributed by atoms with Gasteiger partial charge in [-0.1, -0.05) is 354 Å². The van der Waals surface area contributed by atoms with E-state index in [1.165, 1.54) is 39.9 Å². The highest BCUT2D eigenvalue weighted by Gasteiger charge is 2.30. The van der Waals surface area contributed by atoms with Crippen LogP contribution in [0.5, 0.6) is 11.5 Å². The molecule has 9 aromatic rings. The van der Waals surface area contributed by atoms with Crippen LogP contribution >= 0.6 is 104 Å². The van der Waals surface area contributed by atoms with Crippen molar-refractivity contribution in [1.82, 2.24) is 0 Å². The normalized spacial score (nSPS) is 10.7. The zero-order valence-electron chi connectivity index (χ0n) is 66.7. The standard InChI is InChI=1S/C10H13ClO.C10H11F3.C10H14O.C10H14.3C9H10Cl2.2C9H11Cl.C6H14/c1-7(2)9-6-8(12-3)4-5-10(9)11;1-7(2)8-4-3-5-9(6-8)10(11,12)13;1-8(2)9-4-6-10(11-3)7-5-9;1-8(2)10-7-5-4-6-9(10)3;1-6(2)8-5-7(10)3-4-9(8)11;1-6(2)8-4-3-7(10)5-9(8)11;1-6(2)9-7(10)4-3-5-8(9)11;1-7(2)8-3-5-9(10)6-4-8;1-7(2)8-5-3-4-6-9(8)10;1-5(2)6(3)4/h4-7H,1-3H3;3-7H,1-2H3;4-8H,1-3H3;4-8H,1-3H3;3*3-6H,1-2H3;2*3-7H,1-2H3;5-6H,1-4H3. The van der Waals surface area contributed by atoms with Crippen molar-refractivity contribution in [3.8, 4) is 11.5 Å². The minimum Gasteiger partial charge on any atom is -0.497 e. The summed E-state index contributed by atoms with van der Waals surface area (Å²) in [6.45, 7) is 49.1. The van der Waals surface area contributed by atoms with E-state index in [4.69, 9.17) is 114 Å². The molecule has 578 valence electrons. The molecule has 0 atom stereocenters. The largest absolute Gasteiger partial charge is 0.497 e. The SMILES string of the molecule is CC(C)C(C)C.CC(C)c1c(Cl)cccc1Cl.CC(C)c1cc(Cl)ccc1Cl.CC(C)c1ccc(Cl)cc1.CC(C)c1ccc(Cl)cc1Cl.CC(C)c1cccc(C(F)(F)F)c1.CC(C)c1ccccc1Cl.COc1ccc(C(C)C)cc1.COc1ccc(Cl)c(C(C)C)c1.Cc1ccccc1C(C)C. The van der Waals surface area contributed by atoms with Crippen molar-refractivity contribution in [3.05, 3.63) is 301 Å². The number of hydrogen-bond acceptors (Lipinski definition) is 2. The molecule has 0 saturated heterocycles. The number of benzene rings is 9. The van der Waals surface area contributed by atoms with Gasteiger partial charge in [0, 0.05) is 45.2 Å². The molecule has 14 heteroatoms. The van der Waals surface area contributed by atoms with Crippen LogP contribution in [-0.2, 0) is 6.18 Å². The van der Waals surface area contributed by atoms with Gasteiger partial charge in [0.25, 0.3) is 0 Å². The zero-order valence-corrected chi connectivity index (χ0v) is 73.5. The van der Waals surface area contributed by atoms with E-state index in [1.54, 1.807) is 32.4 Å². The fraction of sp³-hybridized carbons (Fsp3) is 0.407. The fourth-order valence-corrected chi connectivity index (χ4v) is 12.0. The van der Waals surface area contributed by atoms with E-state index < -0.39 is 11.7 Å². The molecule has 0 radical (unpaired) electrons. The highest BCUT2D eigenvalue weighted by molar-refractivity contribution is 6.36. The second-order valence-corrected chi connectivity index (χ2v) is 32.3. The van der Waals surface area contributed by atoms with Crippen LogP contribution in [0.15, 0.2) is 194 Å². The summed E-state index contributed by atoms with van der Waals surface area (Å²) < 4.78 is 46.8. The topological polar surface area (TPSA) is 18.5 Å². The van der Waals surface area contributed by atoms with Crippen molar-refractivity contribution < 1.29 is 22.6 Å². The summed E-state index contributed by atoms with van der Waals surface area (Å²) in [5, 5.41) is 7.00. The lowest BCUT2D eigenvalue weighted by Gasteiger charge is -2.10. The van der Waals surface area contributed by atoms with Crippen LogP contribution in [0.4, 0.5) is 13.2 Å². The molecule has 0 fully saturated rings. The number of hydrogen-bond donors (Lipinski definition) is 0. The highest BCUT2D eigenvalue weighted by Crippen LogP contribution is 2.34. The predicted octanol–water partition coefficient (Wildman–Crippen LogP) is 34.8. The van der Waals surface area contributed by atoms with Crippen LogP contribution in [-0.4, -0.2) is 14.2 Å². The second-order valence-electron chi connectivity index (χ2n) is 28.6. The Morgan fingerprint density at radius 3 is 0.981 bits per heavy atom. The molecule has 0 aliphatic carbocycles. The number of aryl methyl sites for hydroxylation is 1. The average Bonchev–Trinajstić information content (AvgIpc) is 0.864. The third-order valence-electron chi connectivity index (χ3n) is 16.4. The Hall–Kier alpha value is -5.02. The average molecular weight is 1620 g/mol. The summed E-state index contributed by atoms with van der Waals surface area (Å²) >= 11 is 52.9. The van der Waals surface area contributed by atoms with Crippen molar-refractivity contribution in [2.24, 2.45) is 11.8 Å². The first-order valence-electron chi connectivity index (χ1n) is 36.0. The van der Waals surface area contributed by atoms with Crippen molar-refractivity contribution in [3.63, 3.8) is 0 Å². The molecule has 0 saturated carbocycles. The van der Waals surface area contributed by atoms with E-state index in [0.717, 1.165) is 97.4 Å². The van der Waals surface area contributed by atoms with Gasteiger partial charge in [-0.25, -0.2) is 0 Å². The van der Waals surface area contributed by atoms with Crippen molar-refractivity contribution >= 4 is 104 Å². The third kappa shape index (κ3) is 41.4. The lowest BCUT2D eigenvalue weighted by atomic mass is 9.99. The molecule has 0 amide bonds. The Labute approximate surface area is 678 Å². The summed E-state index contributed by atoms with van der Waals surface area (Å²) in [4.78, 5) is 0.